The van der Waals surface area contributed by atoms with E-state index in [1.807, 2.05) is 46.0 Å². The Morgan fingerprint density at radius 2 is 1.79 bits per heavy atom. The predicted octanol–water partition coefficient (Wildman–Crippen LogP) is 5.36. The van der Waals surface area contributed by atoms with E-state index in [1.54, 1.807) is 11.6 Å². The van der Waals surface area contributed by atoms with Gasteiger partial charge in [-0.1, -0.05) is 76.6 Å². The van der Waals surface area contributed by atoms with Gasteiger partial charge in [-0.25, -0.2) is 0 Å². The Labute approximate surface area is 218 Å². The van der Waals surface area contributed by atoms with E-state index in [4.69, 9.17) is 28.3 Å². The van der Waals surface area contributed by atoms with Crippen molar-refractivity contribution < 1.29 is 5.11 Å². The summed E-state index contributed by atoms with van der Waals surface area (Å²) in [7, 11) is 1.00. The second kappa shape index (κ2) is 23.0. The molecular formula is C28H47Cl2N3O. The second-order valence-electron chi connectivity index (χ2n) is 6.80. The molecule has 2 rings (SSSR count). The van der Waals surface area contributed by atoms with Gasteiger partial charge in [0.05, 0.1) is 0 Å². The Morgan fingerprint density at radius 1 is 1.15 bits per heavy atom. The Kier molecular flexibility index (Phi) is 23.3. The molecule has 6 heteroatoms. The number of halogens is 2. The number of hydrogen-bond acceptors (Lipinski definition) is 3. The van der Waals surface area contributed by atoms with Crippen LogP contribution in [0.1, 0.15) is 59.2 Å². The third kappa shape index (κ3) is 12.1. The van der Waals surface area contributed by atoms with Gasteiger partial charge in [0.2, 0.25) is 0 Å². The van der Waals surface area contributed by atoms with Gasteiger partial charge in [-0.2, -0.15) is 0 Å². The molecular weight excluding hydrogens is 465 g/mol. The number of rotatable bonds is 8. The van der Waals surface area contributed by atoms with Gasteiger partial charge in [-0.15, -0.1) is 0 Å². The predicted molar refractivity (Wildman–Crippen MR) is 155 cm³/mol. The third-order valence-electron chi connectivity index (χ3n) is 4.85. The van der Waals surface area contributed by atoms with Crippen LogP contribution in [0.15, 0.2) is 47.7 Å². The lowest BCUT2D eigenvalue weighted by Crippen LogP contribution is -2.33. The van der Waals surface area contributed by atoms with Gasteiger partial charge in [0.1, 0.15) is 0 Å². The molecule has 0 unspecified atom stereocenters. The largest absolute Gasteiger partial charge is 0.400 e. The number of allylic oxidation sites excluding steroid dienone is 6. The van der Waals surface area contributed by atoms with Crippen LogP contribution in [-0.4, -0.2) is 36.4 Å². The van der Waals surface area contributed by atoms with Crippen LogP contribution in [0.4, 0.5) is 0 Å². The van der Waals surface area contributed by atoms with Crippen molar-refractivity contribution in [2.45, 2.75) is 67.3 Å². The van der Waals surface area contributed by atoms with Crippen molar-refractivity contribution in [3.05, 3.63) is 69.5 Å². The van der Waals surface area contributed by atoms with Gasteiger partial charge in [0, 0.05) is 60.0 Å². The number of aromatic nitrogens is 1. The lowest BCUT2D eigenvalue weighted by molar-refractivity contribution is 0.399. The van der Waals surface area contributed by atoms with Crippen LogP contribution in [0.25, 0.3) is 11.6 Å². The van der Waals surface area contributed by atoms with E-state index in [0.29, 0.717) is 0 Å². The topological polar surface area (TPSA) is 49.2 Å². The van der Waals surface area contributed by atoms with E-state index >= 15 is 0 Å². The molecule has 1 aromatic rings. The van der Waals surface area contributed by atoms with E-state index < -0.39 is 0 Å². The molecule has 1 aliphatic heterocycles. The highest BCUT2D eigenvalue weighted by atomic mass is 35.5. The third-order valence-corrected chi connectivity index (χ3v) is 5.46. The summed E-state index contributed by atoms with van der Waals surface area (Å²) < 4.78 is 2.39. The van der Waals surface area contributed by atoms with Crippen LogP contribution in [0, 0.1) is 0 Å². The summed E-state index contributed by atoms with van der Waals surface area (Å²) in [5.74, 6) is 0. The van der Waals surface area contributed by atoms with Gasteiger partial charge in [-0.05, 0) is 61.9 Å². The van der Waals surface area contributed by atoms with Crippen molar-refractivity contribution >= 4 is 34.8 Å². The molecule has 34 heavy (non-hydrogen) atoms. The van der Waals surface area contributed by atoms with Crippen LogP contribution in [0.2, 0.25) is 0 Å². The van der Waals surface area contributed by atoms with E-state index in [2.05, 4.69) is 47.8 Å². The molecule has 0 aliphatic carbocycles. The first-order valence-electron chi connectivity index (χ1n) is 12.3. The van der Waals surface area contributed by atoms with Gasteiger partial charge in [0.25, 0.3) is 0 Å². The summed E-state index contributed by atoms with van der Waals surface area (Å²) >= 11 is 12.5. The van der Waals surface area contributed by atoms with Crippen molar-refractivity contribution in [3.63, 3.8) is 0 Å². The fourth-order valence-corrected chi connectivity index (χ4v) is 3.72. The van der Waals surface area contributed by atoms with Crippen LogP contribution in [-0.2, 0) is 19.4 Å². The van der Waals surface area contributed by atoms with Crippen LogP contribution >= 0.6 is 23.2 Å². The molecule has 0 amide bonds. The standard InChI is InChI=1S/C23H31Cl2N3.2C2H6.CH4O/c1-4-6-18(3)9-12-27-15-16-28-22(8-7-19(25)5-2)21(17-24)20-10-13-26-14-11-23(20)28;3*1-2/h4,6-9,12,17,26-27H,1,5,10-11,13-16H2,2-3H3;2*1-2H3;2H,1H3/b12-9+,18-6-,19-7+,21-17+,22-8+;;;. The Hall–Kier alpha value is -1.72. The zero-order valence-corrected chi connectivity index (χ0v) is 23.9. The van der Waals surface area contributed by atoms with E-state index in [0.717, 1.165) is 73.7 Å². The molecule has 0 saturated carbocycles. The average Bonchev–Trinajstić information content (AvgIpc) is 3.00. The maximum Gasteiger partial charge on any atom is 0.0495 e. The fourth-order valence-electron chi connectivity index (χ4n) is 3.41. The lowest BCUT2D eigenvalue weighted by atomic mass is 10.1. The average molecular weight is 513 g/mol. The lowest BCUT2D eigenvalue weighted by Gasteiger charge is -2.10. The molecule has 0 aromatic carbocycles. The molecule has 4 nitrogen and oxygen atoms in total. The summed E-state index contributed by atoms with van der Waals surface area (Å²) in [4.78, 5) is 0. The zero-order chi connectivity index (χ0) is 26.4. The molecule has 1 aromatic heterocycles. The van der Waals surface area contributed by atoms with E-state index in [9.17, 15) is 0 Å². The maximum atomic E-state index is 7.00. The monoisotopic (exact) mass is 511 g/mol. The van der Waals surface area contributed by atoms with Crippen molar-refractivity contribution in [2.75, 3.05) is 26.7 Å². The highest BCUT2D eigenvalue weighted by Crippen LogP contribution is 2.10. The van der Waals surface area contributed by atoms with Gasteiger partial charge < -0.3 is 20.3 Å². The number of aliphatic hydroxyl groups excluding tert-OH is 1. The normalized spacial score (nSPS) is 14.6. The van der Waals surface area contributed by atoms with Gasteiger partial charge >= 0.3 is 0 Å². The number of hydrogen-bond donors (Lipinski definition) is 3. The molecule has 0 atom stereocenters. The molecule has 0 bridgehead atoms. The molecule has 2 heterocycles. The van der Waals surface area contributed by atoms with Crippen LogP contribution < -0.4 is 21.2 Å². The van der Waals surface area contributed by atoms with Crippen LogP contribution in [0.5, 0.6) is 0 Å². The van der Waals surface area contributed by atoms with Crippen molar-refractivity contribution in [1.29, 1.82) is 0 Å². The zero-order valence-electron chi connectivity index (χ0n) is 22.3. The summed E-state index contributed by atoms with van der Waals surface area (Å²) in [6.45, 7) is 19.5. The van der Waals surface area contributed by atoms with Gasteiger partial charge in [-0.3, -0.25) is 0 Å². The summed E-state index contributed by atoms with van der Waals surface area (Å²) in [5.41, 5.74) is 5.61. The van der Waals surface area contributed by atoms with E-state index in [1.165, 1.54) is 11.3 Å². The molecule has 194 valence electrons. The molecule has 1 aliphatic rings. The highest BCUT2D eigenvalue weighted by molar-refractivity contribution is 6.38. The summed E-state index contributed by atoms with van der Waals surface area (Å²) in [6, 6.07) is 0. The van der Waals surface area contributed by atoms with E-state index in [-0.39, 0.29) is 0 Å². The smallest absolute Gasteiger partial charge is 0.0495 e. The fraction of sp³-hybridized carbons (Fsp3) is 0.500. The Morgan fingerprint density at radius 3 is 2.38 bits per heavy atom. The molecule has 0 saturated heterocycles. The number of nitrogens with one attached hydrogen (secondary N) is 2. The number of nitrogens with zero attached hydrogens (tertiary/aromatic N) is 1. The van der Waals surface area contributed by atoms with Crippen LogP contribution in [0.3, 0.4) is 0 Å². The molecule has 0 fully saturated rings. The minimum Gasteiger partial charge on any atom is -0.400 e. The molecule has 3 N–H and O–H groups in total. The Balaban J connectivity index is 0. The summed E-state index contributed by atoms with van der Waals surface area (Å²) in [5, 5.41) is 17.0. The SMILES string of the molecule is C=C/C=C(C)\C=C\NCCn1c2c(c(=C\Cl)/c1=C\C=C(\Cl)CC)CCNCC2.CC.CC.CO. The van der Waals surface area contributed by atoms with Crippen molar-refractivity contribution in [1.82, 2.24) is 15.2 Å². The first kappa shape index (κ1) is 34.4. The minimum atomic E-state index is 0.826. The first-order valence-corrected chi connectivity index (χ1v) is 13.2. The number of aliphatic hydroxyl groups is 1. The maximum absolute atomic E-state index is 7.00. The van der Waals surface area contributed by atoms with Gasteiger partial charge in [0.15, 0.2) is 0 Å². The Bertz CT molecular complexity index is 880. The highest BCUT2D eigenvalue weighted by Gasteiger charge is 2.16. The second-order valence-corrected chi connectivity index (χ2v) is 7.51. The first-order chi connectivity index (χ1) is 16.6. The molecule has 0 spiro atoms. The summed E-state index contributed by atoms with van der Waals surface area (Å²) in [6.07, 6.45) is 14.7. The van der Waals surface area contributed by atoms with Crippen molar-refractivity contribution in [2.24, 2.45) is 0 Å². The minimum absolute atomic E-state index is 0.826. The quantitative estimate of drug-likeness (QED) is 0.325. The molecule has 0 radical (unpaired) electrons. The van der Waals surface area contributed by atoms with Crippen molar-refractivity contribution in [3.8, 4) is 0 Å². The number of fused-ring (bicyclic) bond motifs is 1.